The fraction of sp³-hybridized carbons (Fsp3) is 0.389. The van der Waals surface area contributed by atoms with E-state index in [0.717, 1.165) is 17.7 Å². The second kappa shape index (κ2) is 8.79. The van der Waals surface area contributed by atoms with Crippen LogP contribution in [-0.2, 0) is 24.3 Å². The van der Waals surface area contributed by atoms with Gasteiger partial charge in [-0.3, -0.25) is 4.79 Å². The normalized spacial score (nSPS) is 16.7. The largest absolute Gasteiger partial charge is 0.444 e. The van der Waals surface area contributed by atoms with Crippen molar-refractivity contribution in [2.45, 2.75) is 24.8 Å². The van der Waals surface area contributed by atoms with E-state index in [-0.39, 0.29) is 31.1 Å². The molecule has 1 atom stereocenters. The highest BCUT2D eigenvalue weighted by Crippen LogP contribution is 2.18. The summed E-state index contributed by atoms with van der Waals surface area (Å²) in [6, 6.07) is 8.36. The minimum atomic E-state index is -3.60. The molecule has 1 aliphatic heterocycles. The van der Waals surface area contributed by atoms with E-state index in [2.05, 4.69) is 0 Å². The molecule has 1 fully saturated rings. The Morgan fingerprint density at radius 1 is 1.15 bits per heavy atom. The number of hydrogen-bond acceptors (Lipinski definition) is 6. The predicted molar refractivity (Wildman–Crippen MR) is 96.8 cm³/mol. The number of aryl methyl sites for hydroxylation is 1. The van der Waals surface area contributed by atoms with Crippen LogP contribution < -0.4 is 0 Å². The Kier molecular flexibility index (Phi) is 6.71. The van der Waals surface area contributed by atoms with E-state index in [0.29, 0.717) is 0 Å². The van der Waals surface area contributed by atoms with Gasteiger partial charge in [-0.1, -0.05) is 17.7 Å². The lowest BCUT2D eigenvalue weighted by Gasteiger charge is -2.33. The molecule has 0 saturated carbocycles. The molecule has 1 aromatic rings. The summed E-state index contributed by atoms with van der Waals surface area (Å²) in [6.45, 7) is 4.08. The number of ether oxygens (including phenoxy) is 1. The maximum absolute atomic E-state index is 12.6. The minimum absolute atomic E-state index is 0.172. The average Bonchev–Trinajstić information content (AvgIpc) is 2.66. The highest BCUT2D eigenvalue weighted by molar-refractivity contribution is 7.89. The van der Waals surface area contributed by atoms with E-state index in [1.807, 2.05) is 6.92 Å². The van der Waals surface area contributed by atoms with Crippen molar-refractivity contribution in [3.8, 4) is 6.07 Å². The van der Waals surface area contributed by atoms with Crippen LogP contribution in [0.1, 0.15) is 12.5 Å². The molecular weight excluding hydrogens is 370 g/mol. The lowest BCUT2D eigenvalue weighted by atomic mass is 10.2. The van der Waals surface area contributed by atoms with Crippen LogP contribution >= 0.6 is 0 Å². The summed E-state index contributed by atoms with van der Waals surface area (Å²) in [7, 11) is -3.60. The van der Waals surface area contributed by atoms with Crippen LogP contribution in [0.4, 0.5) is 0 Å². The van der Waals surface area contributed by atoms with Crippen LogP contribution in [0.5, 0.6) is 0 Å². The van der Waals surface area contributed by atoms with Gasteiger partial charge < -0.3 is 9.64 Å². The molecule has 0 unspecified atom stereocenters. The van der Waals surface area contributed by atoms with Gasteiger partial charge in [-0.2, -0.15) is 9.57 Å². The van der Waals surface area contributed by atoms with Crippen molar-refractivity contribution >= 4 is 21.9 Å². The molecule has 1 aromatic carbocycles. The molecule has 0 bridgehead atoms. The van der Waals surface area contributed by atoms with Crippen LogP contribution in [0, 0.1) is 18.3 Å². The van der Waals surface area contributed by atoms with E-state index >= 15 is 0 Å². The first-order valence-corrected chi connectivity index (χ1v) is 9.82. The Morgan fingerprint density at radius 3 is 2.30 bits per heavy atom. The zero-order chi connectivity index (χ0) is 20.0. The topological polar surface area (TPSA) is 108 Å². The van der Waals surface area contributed by atoms with E-state index in [1.54, 1.807) is 30.3 Å². The summed E-state index contributed by atoms with van der Waals surface area (Å²) in [5, 5.41) is 8.57. The van der Waals surface area contributed by atoms with Gasteiger partial charge in [0.15, 0.2) is 6.10 Å². The summed E-state index contributed by atoms with van der Waals surface area (Å²) < 4.78 is 31.3. The first kappa shape index (κ1) is 20.6. The molecule has 9 heteroatoms. The van der Waals surface area contributed by atoms with Crippen LogP contribution in [0.25, 0.3) is 0 Å². The quantitative estimate of drug-likeness (QED) is 0.544. The second-order valence-corrected chi connectivity index (χ2v) is 8.02. The highest BCUT2D eigenvalue weighted by Gasteiger charge is 2.29. The van der Waals surface area contributed by atoms with E-state index < -0.39 is 28.0 Å². The minimum Gasteiger partial charge on any atom is -0.444 e. The summed E-state index contributed by atoms with van der Waals surface area (Å²) in [4.78, 5) is 25.2. The van der Waals surface area contributed by atoms with Gasteiger partial charge in [0.2, 0.25) is 15.9 Å². The van der Waals surface area contributed by atoms with Crippen LogP contribution in [-0.4, -0.2) is 61.8 Å². The number of esters is 1. The van der Waals surface area contributed by atoms with E-state index in [1.165, 1.54) is 16.1 Å². The van der Waals surface area contributed by atoms with Gasteiger partial charge >= 0.3 is 5.97 Å². The molecule has 1 heterocycles. The van der Waals surface area contributed by atoms with Crippen molar-refractivity contribution in [3.05, 3.63) is 42.0 Å². The standard InChI is InChI=1S/C18H21N3O5S/c1-14-3-5-16(6-4-14)27(24,25)21-11-9-20(10-12-21)17(22)7-8-18(23)26-15(2)13-19/h3-8,15H,9-12H2,1-2H3/b8-7+/t15-/m0/s1. The Hall–Kier alpha value is -2.70. The Morgan fingerprint density at radius 2 is 1.74 bits per heavy atom. The fourth-order valence-electron chi connectivity index (χ4n) is 2.49. The van der Waals surface area contributed by atoms with Crippen molar-refractivity contribution in [3.63, 3.8) is 0 Å². The summed E-state index contributed by atoms with van der Waals surface area (Å²) in [5.74, 6) is -1.19. The molecule has 1 saturated heterocycles. The number of nitrogens with zero attached hydrogens (tertiary/aromatic N) is 3. The van der Waals surface area contributed by atoms with Gasteiger partial charge in [0, 0.05) is 38.3 Å². The Labute approximate surface area is 158 Å². The van der Waals surface area contributed by atoms with Crippen molar-refractivity contribution in [1.82, 2.24) is 9.21 Å². The van der Waals surface area contributed by atoms with Gasteiger partial charge in [0.1, 0.15) is 6.07 Å². The number of amides is 1. The van der Waals surface area contributed by atoms with Gasteiger partial charge in [-0.15, -0.1) is 0 Å². The van der Waals surface area contributed by atoms with Crippen molar-refractivity contribution < 1.29 is 22.7 Å². The van der Waals surface area contributed by atoms with Gasteiger partial charge in [0.25, 0.3) is 0 Å². The maximum atomic E-state index is 12.6. The fourth-order valence-corrected chi connectivity index (χ4v) is 3.91. The first-order chi connectivity index (χ1) is 12.7. The van der Waals surface area contributed by atoms with Crippen LogP contribution in [0.3, 0.4) is 0 Å². The molecule has 27 heavy (non-hydrogen) atoms. The predicted octanol–water partition coefficient (Wildman–Crippen LogP) is 0.839. The lowest BCUT2D eigenvalue weighted by Crippen LogP contribution is -2.50. The van der Waals surface area contributed by atoms with Crippen LogP contribution in [0.2, 0.25) is 0 Å². The number of nitriles is 1. The monoisotopic (exact) mass is 391 g/mol. The Bertz CT molecular complexity index is 863. The van der Waals surface area contributed by atoms with Crippen molar-refractivity contribution in [1.29, 1.82) is 5.26 Å². The molecule has 2 rings (SSSR count). The molecule has 0 radical (unpaired) electrons. The van der Waals surface area contributed by atoms with Gasteiger partial charge in [-0.25, -0.2) is 13.2 Å². The molecule has 8 nitrogen and oxygen atoms in total. The zero-order valence-corrected chi connectivity index (χ0v) is 16.0. The van der Waals surface area contributed by atoms with Crippen molar-refractivity contribution in [2.24, 2.45) is 0 Å². The first-order valence-electron chi connectivity index (χ1n) is 8.38. The third kappa shape index (κ3) is 5.39. The number of carbonyl (C=O) groups excluding carboxylic acids is 2. The third-order valence-electron chi connectivity index (χ3n) is 4.05. The van der Waals surface area contributed by atoms with E-state index in [4.69, 9.17) is 10.00 Å². The molecular formula is C18H21N3O5S. The molecule has 0 aromatic heterocycles. The van der Waals surface area contributed by atoms with E-state index in [9.17, 15) is 18.0 Å². The molecule has 1 amide bonds. The summed E-state index contributed by atoms with van der Waals surface area (Å²) in [6.07, 6.45) is 1.13. The smallest absolute Gasteiger partial charge is 0.332 e. The molecule has 0 N–H and O–H groups in total. The number of sulfonamides is 1. The molecule has 144 valence electrons. The Balaban J connectivity index is 1.93. The lowest BCUT2D eigenvalue weighted by molar-refractivity contribution is -0.140. The van der Waals surface area contributed by atoms with Crippen molar-refractivity contribution in [2.75, 3.05) is 26.2 Å². The number of rotatable bonds is 5. The summed E-state index contributed by atoms with van der Waals surface area (Å²) in [5.41, 5.74) is 0.971. The maximum Gasteiger partial charge on any atom is 0.332 e. The zero-order valence-electron chi connectivity index (χ0n) is 15.2. The molecule has 0 spiro atoms. The molecule has 0 aliphatic carbocycles. The van der Waals surface area contributed by atoms with Gasteiger partial charge in [-0.05, 0) is 26.0 Å². The SMILES string of the molecule is Cc1ccc(S(=O)(=O)N2CCN(C(=O)/C=C/C(=O)O[C@@H](C)C#N)CC2)cc1. The number of carbonyl (C=O) groups is 2. The molecule has 1 aliphatic rings. The second-order valence-electron chi connectivity index (χ2n) is 6.08. The number of hydrogen-bond donors (Lipinski definition) is 0. The van der Waals surface area contributed by atoms with Crippen LogP contribution in [0.15, 0.2) is 41.3 Å². The highest BCUT2D eigenvalue weighted by atomic mass is 32.2. The number of benzene rings is 1. The third-order valence-corrected chi connectivity index (χ3v) is 5.96. The average molecular weight is 391 g/mol. The van der Waals surface area contributed by atoms with Gasteiger partial charge in [0.05, 0.1) is 4.90 Å². The number of piperazine rings is 1. The summed E-state index contributed by atoms with van der Waals surface area (Å²) >= 11 is 0.